The zero-order valence-corrected chi connectivity index (χ0v) is 15.1. The number of hydrogen-bond donors (Lipinski definition) is 0. The summed E-state index contributed by atoms with van der Waals surface area (Å²) in [7, 11) is 1.68. The van der Waals surface area contributed by atoms with E-state index >= 15 is 0 Å². The largest absolute Gasteiger partial charge is 0.497 e. The lowest BCUT2D eigenvalue weighted by atomic mass is 10.0. The standard InChI is InChI=1S/C19H28N2O3/c1-19(2,3)24-18(22)21-12-15-9-10-20(17(15)13-21)11-14-5-7-16(23-4)8-6-14/h5-8,15,17H,9-13H2,1-4H3. The number of rotatable bonds is 3. The highest BCUT2D eigenvalue weighted by molar-refractivity contribution is 5.68. The van der Waals surface area contributed by atoms with Crippen molar-refractivity contribution in [3.8, 4) is 5.75 Å². The summed E-state index contributed by atoms with van der Waals surface area (Å²) in [4.78, 5) is 16.7. The van der Waals surface area contributed by atoms with Crippen molar-refractivity contribution >= 4 is 6.09 Å². The van der Waals surface area contributed by atoms with Crippen molar-refractivity contribution in [3.63, 3.8) is 0 Å². The maximum atomic E-state index is 12.3. The summed E-state index contributed by atoms with van der Waals surface area (Å²) in [5, 5.41) is 0. The van der Waals surface area contributed by atoms with Crippen molar-refractivity contribution in [1.29, 1.82) is 0 Å². The second kappa shape index (κ2) is 6.63. The molecule has 1 amide bonds. The number of nitrogens with zero attached hydrogens (tertiary/aromatic N) is 2. The van der Waals surface area contributed by atoms with Crippen LogP contribution in [0, 0.1) is 5.92 Å². The molecule has 132 valence electrons. The molecular formula is C19H28N2O3. The molecule has 3 rings (SSSR count). The number of benzene rings is 1. The first-order valence-corrected chi connectivity index (χ1v) is 8.70. The number of amides is 1. The van der Waals surface area contributed by atoms with E-state index in [-0.39, 0.29) is 6.09 Å². The summed E-state index contributed by atoms with van der Waals surface area (Å²) in [6, 6.07) is 8.69. The first-order chi connectivity index (χ1) is 11.4. The van der Waals surface area contributed by atoms with Crippen molar-refractivity contribution < 1.29 is 14.3 Å². The normalized spacial score (nSPS) is 24.1. The number of hydrogen-bond acceptors (Lipinski definition) is 4. The van der Waals surface area contributed by atoms with Gasteiger partial charge in [0.05, 0.1) is 7.11 Å². The molecule has 0 bridgehead atoms. The molecular weight excluding hydrogens is 304 g/mol. The minimum atomic E-state index is -0.433. The quantitative estimate of drug-likeness (QED) is 0.853. The van der Waals surface area contributed by atoms with Crippen LogP contribution in [0.4, 0.5) is 4.79 Å². The average Bonchev–Trinajstić information content (AvgIpc) is 3.08. The van der Waals surface area contributed by atoms with E-state index in [1.807, 2.05) is 37.8 Å². The molecule has 2 fully saturated rings. The number of carbonyl (C=O) groups excluding carboxylic acids is 1. The summed E-state index contributed by atoms with van der Waals surface area (Å²) in [6.45, 7) is 9.36. The molecule has 24 heavy (non-hydrogen) atoms. The second-order valence-electron chi connectivity index (χ2n) is 7.82. The third kappa shape index (κ3) is 3.83. The van der Waals surface area contributed by atoms with E-state index in [0.717, 1.165) is 38.3 Å². The summed E-state index contributed by atoms with van der Waals surface area (Å²) in [6.07, 6.45) is 0.974. The second-order valence-corrected chi connectivity index (χ2v) is 7.82. The van der Waals surface area contributed by atoms with Crippen LogP contribution in [-0.2, 0) is 11.3 Å². The van der Waals surface area contributed by atoms with Crippen molar-refractivity contribution in [1.82, 2.24) is 9.80 Å². The van der Waals surface area contributed by atoms with E-state index in [1.54, 1.807) is 7.11 Å². The zero-order valence-electron chi connectivity index (χ0n) is 15.1. The molecule has 2 atom stereocenters. The molecule has 2 aliphatic rings. The van der Waals surface area contributed by atoms with Gasteiger partial charge in [-0.05, 0) is 57.4 Å². The predicted octanol–water partition coefficient (Wildman–Crippen LogP) is 3.14. The fourth-order valence-electron chi connectivity index (χ4n) is 3.69. The Balaban J connectivity index is 1.59. The van der Waals surface area contributed by atoms with Gasteiger partial charge in [-0.25, -0.2) is 4.79 Å². The minimum absolute atomic E-state index is 0.179. The van der Waals surface area contributed by atoms with E-state index in [0.29, 0.717) is 12.0 Å². The molecule has 2 unspecified atom stereocenters. The van der Waals surface area contributed by atoms with Gasteiger partial charge in [0.2, 0.25) is 0 Å². The molecule has 0 aromatic heterocycles. The number of ether oxygens (including phenoxy) is 2. The summed E-state index contributed by atoms with van der Waals surface area (Å²) in [5.74, 6) is 1.45. The lowest BCUT2D eigenvalue weighted by molar-refractivity contribution is 0.0271. The summed E-state index contributed by atoms with van der Waals surface area (Å²) in [5.41, 5.74) is 0.851. The molecule has 0 N–H and O–H groups in total. The number of methoxy groups -OCH3 is 1. The molecule has 0 radical (unpaired) electrons. The fourth-order valence-corrected chi connectivity index (χ4v) is 3.69. The lowest BCUT2D eigenvalue weighted by Gasteiger charge is -2.27. The first-order valence-electron chi connectivity index (χ1n) is 8.70. The Kier molecular flexibility index (Phi) is 4.72. The van der Waals surface area contributed by atoms with Gasteiger partial charge in [-0.15, -0.1) is 0 Å². The molecule has 5 heteroatoms. The summed E-state index contributed by atoms with van der Waals surface area (Å²) < 4.78 is 10.7. The highest BCUT2D eigenvalue weighted by atomic mass is 16.6. The monoisotopic (exact) mass is 332 g/mol. The predicted molar refractivity (Wildman–Crippen MR) is 93.1 cm³/mol. The molecule has 0 saturated carbocycles. The topological polar surface area (TPSA) is 42.0 Å². The Bertz CT molecular complexity index is 579. The van der Waals surface area contributed by atoms with Gasteiger partial charge < -0.3 is 14.4 Å². The Labute approximate surface area is 144 Å². The maximum Gasteiger partial charge on any atom is 0.410 e. The zero-order chi connectivity index (χ0) is 17.3. The van der Waals surface area contributed by atoms with E-state index < -0.39 is 5.60 Å². The van der Waals surface area contributed by atoms with Gasteiger partial charge in [0, 0.05) is 25.7 Å². The van der Waals surface area contributed by atoms with Crippen molar-refractivity contribution in [2.24, 2.45) is 5.92 Å². The molecule has 2 aliphatic heterocycles. The number of fused-ring (bicyclic) bond motifs is 1. The fraction of sp³-hybridized carbons (Fsp3) is 0.632. The Morgan fingerprint density at radius 1 is 1.21 bits per heavy atom. The first kappa shape index (κ1) is 17.1. The maximum absolute atomic E-state index is 12.3. The molecule has 0 aliphatic carbocycles. The average molecular weight is 332 g/mol. The van der Waals surface area contributed by atoms with Gasteiger partial charge in [0.25, 0.3) is 0 Å². The van der Waals surface area contributed by atoms with E-state index in [9.17, 15) is 4.79 Å². The highest BCUT2D eigenvalue weighted by Crippen LogP contribution is 2.33. The smallest absolute Gasteiger partial charge is 0.410 e. The van der Waals surface area contributed by atoms with E-state index in [1.165, 1.54) is 5.56 Å². The molecule has 2 saturated heterocycles. The minimum Gasteiger partial charge on any atom is -0.497 e. The Morgan fingerprint density at radius 3 is 2.54 bits per heavy atom. The van der Waals surface area contributed by atoms with Gasteiger partial charge in [-0.3, -0.25) is 4.90 Å². The van der Waals surface area contributed by atoms with Crippen LogP contribution < -0.4 is 4.74 Å². The van der Waals surface area contributed by atoms with Crippen molar-refractivity contribution in [2.45, 2.75) is 45.4 Å². The van der Waals surface area contributed by atoms with E-state index in [2.05, 4.69) is 17.0 Å². The van der Waals surface area contributed by atoms with Crippen LogP contribution in [0.3, 0.4) is 0 Å². The summed E-state index contributed by atoms with van der Waals surface area (Å²) >= 11 is 0. The molecule has 1 aromatic rings. The van der Waals surface area contributed by atoms with Gasteiger partial charge in [0.1, 0.15) is 11.4 Å². The van der Waals surface area contributed by atoms with E-state index in [4.69, 9.17) is 9.47 Å². The third-order valence-electron chi connectivity index (χ3n) is 4.86. The van der Waals surface area contributed by atoms with Gasteiger partial charge in [-0.1, -0.05) is 12.1 Å². The lowest BCUT2D eigenvalue weighted by Crippen LogP contribution is -2.39. The molecule has 2 heterocycles. The molecule has 0 spiro atoms. The van der Waals surface area contributed by atoms with Crippen molar-refractivity contribution in [2.75, 3.05) is 26.7 Å². The van der Waals surface area contributed by atoms with Crippen LogP contribution >= 0.6 is 0 Å². The van der Waals surface area contributed by atoms with Crippen LogP contribution in [-0.4, -0.2) is 54.3 Å². The van der Waals surface area contributed by atoms with Crippen LogP contribution in [0.15, 0.2) is 24.3 Å². The van der Waals surface area contributed by atoms with Gasteiger partial charge in [-0.2, -0.15) is 0 Å². The Morgan fingerprint density at radius 2 is 1.92 bits per heavy atom. The Hall–Kier alpha value is -1.75. The SMILES string of the molecule is COc1ccc(CN2CCC3CN(C(=O)OC(C)(C)C)CC32)cc1. The number of carbonyl (C=O) groups is 1. The van der Waals surface area contributed by atoms with Crippen LogP contribution in [0.5, 0.6) is 5.75 Å². The molecule has 5 nitrogen and oxygen atoms in total. The van der Waals surface area contributed by atoms with Crippen LogP contribution in [0.2, 0.25) is 0 Å². The van der Waals surface area contributed by atoms with Crippen LogP contribution in [0.25, 0.3) is 0 Å². The highest BCUT2D eigenvalue weighted by Gasteiger charge is 2.43. The third-order valence-corrected chi connectivity index (χ3v) is 4.86. The number of likely N-dealkylation sites (tertiary alicyclic amines) is 2. The van der Waals surface area contributed by atoms with Gasteiger partial charge >= 0.3 is 6.09 Å². The molecule has 1 aromatic carbocycles. The van der Waals surface area contributed by atoms with Crippen molar-refractivity contribution in [3.05, 3.63) is 29.8 Å². The van der Waals surface area contributed by atoms with Crippen LogP contribution in [0.1, 0.15) is 32.8 Å². The van der Waals surface area contributed by atoms with Gasteiger partial charge in [0.15, 0.2) is 0 Å².